The molecule has 0 saturated heterocycles. The molecule has 0 aliphatic heterocycles. The van der Waals surface area contributed by atoms with Crippen LogP contribution in [-0.2, 0) is 18.4 Å². The Morgan fingerprint density at radius 2 is 1.84 bits per heavy atom. The predicted molar refractivity (Wildman–Crippen MR) is 131 cm³/mol. The van der Waals surface area contributed by atoms with Crippen LogP contribution in [-0.4, -0.2) is 33.0 Å². The molecular formula is C23H27BrN4O3S. The minimum absolute atomic E-state index is 0.110. The first-order chi connectivity index (χ1) is 15.3. The molecule has 1 aromatic heterocycles. The van der Waals surface area contributed by atoms with E-state index in [1.165, 1.54) is 11.8 Å². The number of nitrogens with zero attached hydrogens (tertiary/aromatic N) is 3. The number of rotatable bonds is 9. The maximum Gasteiger partial charge on any atom is 0.234 e. The lowest BCUT2D eigenvalue weighted by Gasteiger charge is -2.12. The van der Waals surface area contributed by atoms with Gasteiger partial charge in [-0.25, -0.2) is 0 Å². The number of nitrogens with one attached hydrogen (secondary N) is 1. The van der Waals surface area contributed by atoms with E-state index in [9.17, 15) is 4.79 Å². The molecule has 2 aromatic carbocycles. The first-order valence-electron chi connectivity index (χ1n) is 10.2. The molecule has 0 aliphatic carbocycles. The smallest absolute Gasteiger partial charge is 0.234 e. The molecule has 1 heterocycles. The summed E-state index contributed by atoms with van der Waals surface area (Å²) < 4.78 is 14.3. The van der Waals surface area contributed by atoms with Crippen LogP contribution in [0.25, 0.3) is 0 Å². The largest absolute Gasteiger partial charge is 0.490 e. The molecule has 9 heteroatoms. The predicted octanol–water partition coefficient (Wildman–Crippen LogP) is 5.21. The van der Waals surface area contributed by atoms with E-state index in [2.05, 4.69) is 31.4 Å². The van der Waals surface area contributed by atoms with Crippen LogP contribution in [0.1, 0.15) is 29.4 Å². The number of halogens is 1. The average Bonchev–Trinajstić information content (AvgIpc) is 3.09. The molecule has 7 nitrogen and oxygen atoms in total. The van der Waals surface area contributed by atoms with Crippen molar-refractivity contribution in [2.45, 2.75) is 39.5 Å². The van der Waals surface area contributed by atoms with Gasteiger partial charge in [0.2, 0.25) is 5.91 Å². The van der Waals surface area contributed by atoms with Gasteiger partial charge in [0, 0.05) is 11.5 Å². The lowest BCUT2D eigenvalue weighted by Crippen LogP contribution is -2.15. The number of carbonyl (C=O) groups is 1. The maximum atomic E-state index is 12.4. The number of amides is 1. The Hall–Kier alpha value is -2.52. The van der Waals surface area contributed by atoms with Gasteiger partial charge in [-0.1, -0.05) is 17.8 Å². The van der Waals surface area contributed by atoms with Crippen molar-refractivity contribution in [1.29, 1.82) is 0 Å². The molecule has 170 valence electrons. The van der Waals surface area contributed by atoms with Gasteiger partial charge in [-0.2, -0.15) is 0 Å². The van der Waals surface area contributed by atoms with E-state index in [0.717, 1.165) is 26.9 Å². The lowest BCUT2D eigenvalue weighted by atomic mass is 10.1. The average molecular weight is 519 g/mol. The molecule has 0 atom stereocenters. The van der Waals surface area contributed by atoms with Gasteiger partial charge in [-0.05, 0) is 84.6 Å². The summed E-state index contributed by atoms with van der Waals surface area (Å²) in [5.74, 6) is 2.14. The number of hydrogen-bond donors (Lipinski definition) is 1. The number of aryl methyl sites for hydroxylation is 3. The van der Waals surface area contributed by atoms with Crippen LogP contribution in [0.15, 0.2) is 40.0 Å². The standard InChI is InChI=1S/C23H27BrN4O3S/c1-6-30-20-9-14(2)7-8-19(20)31-12-21-26-27-23(28(21)5)32-13-22(29)25-18-11-16(4)15(3)10-17(18)24/h7-11H,6,12-13H2,1-5H3,(H,25,29). The summed E-state index contributed by atoms with van der Waals surface area (Å²) in [6.07, 6.45) is 0. The summed E-state index contributed by atoms with van der Waals surface area (Å²) in [6.45, 7) is 8.80. The molecule has 0 bridgehead atoms. The van der Waals surface area contributed by atoms with Crippen LogP contribution in [0.3, 0.4) is 0 Å². The Morgan fingerprint density at radius 1 is 1.09 bits per heavy atom. The highest BCUT2D eigenvalue weighted by molar-refractivity contribution is 9.10. The monoisotopic (exact) mass is 518 g/mol. The number of hydrogen-bond acceptors (Lipinski definition) is 6. The van der Waals surface area contributed by atoms with E-state index in [-0.39, 0.29) is 18.3 Å². The van der Waals surface area contributed by atoms with E-state index in [4.69, 9.17) is 9.47 Å². The van der Waals surface area contributed by atoms with Crippen LogP contribution in [0.2, 0.25) is 0 Å². The number of ether oxygens (including phenoxy) is 2. The normalized spacial score (nSPS) is 10.8. The van der Waals surface area contributed by atoms with Crippen molar-refractivity contribution >= 4 is 39.3 Å². The summed E-state index contributed by atoms with van der Waals surface area (Å²) in [5.41, 5.74) is 4.14. The van der Waals surface area contributed by atoms with Crippen LogP contribution in [0.5, 0.6) is 11.5 Å². The van der Waals surface area contributed by atoms with Crippen molar-refractivity contribution in [3.63, 3.8) is 0 Å². The van der Waals surface area contributed by atoms with Gasteiger partial charge < -0.3 is 19.4 Å². The van der Waals surface area contributed by atoms with E-state index in [0.29, 0.717) is 29.1 Å². The quantitative estimate of drug-likeness (QED) is 0.391. The molecule has 0 radical (unpaired) electrons. The SMILES string of the molecule is CCOc1cc(C)ccc1OCc1nnc(SCC(=O)Nc2cc(C)c(C)cc2Br)n1C. The number of carbonyl (C=O) groups excluding carboxylic acids is 1. The van der Waals surface area contributed by atoms with Gasteiger partial charge in [0.1, 0.15) is 6.61 Å². The zero-order valence-electron chi connectivity index (χ0n) is 18.9. The minimum Gasteiger partial charge on any atom is -0.490 e. The first kappa shape index (κ1) is 24.1. The van der Waals surface area contributed by atoms with Gasteiger partial charge in [-0.3, -0.25) is 4.79 Å². The molecular weight excluding hydrogens is 492 g/mol. The van der Waals surface area contributed by atoms with Gasteiger partial charge in [0.05, 0.1) is 18.0 Å². The second-order valence-electron chi connectivity index (χ2n) is 7.38. The number of anilines is 1. The molecule has 0 aliphatic rings. The van der Waals surface area contributed by atoms with Gasteiger partial charge in [-0.15, -0.1) is 10.2 Å². The molecule has 0 unspecified atom stereocenters. The van der Waals surface area contributed by atoms with Crippen molar-refractivity contribution in [1.82, 2.24) is 14.8 Å². The third-order valence-corrected chi connectivity index (χ3v) is 6.55. The Bertz CT molecular complexity index is 1120. The highest BCUT2D eigenvalue weighted by Crippen LogP contribution is 2.29. The molecule has 0 saturated carbocycles. The zero-order chi connectivity index (χ0) is 23.3. The van der Waals surface area contributed by atoms with Crippen LogP contribution in [0.4, 0.5) is 5.69 Å². The second-order valence-corrected chi connectivity index (χ2v) is 9.18. The molecule has 0 spiro atoms. The Labute approximate surface area is 201 Å². The van der Waals surface area contributed by atoms with Gasteiger partial charge >= 0.3 is 0 Å². The van der Waals surface area contributed by atoms with Crippen molar-refractivity contribution in [3.8, 4) is 11.5 Å². The van der Waals surface area contributed by atoms with Gasteiger partial charge in [0.15, 0.2) is 22.5 Å². The summed E-state index contributed by atoms with van der Waals surface area (Å²) in [4.78, 5) is 12.4. The molecule has 1 N–H and O–H groups in total. The van der Waals surface area contributed by atoms with Crippen molar-refractivity contribution in [2.75, 3.05) is 17.7 Å². The molecule has 32 heavy (non-hydrogen) atoms. The third-order valence-electron chi connectivity index (χ3n) is 4.87. The summed E-state index contributed by atoms with van der Waals surface area (Å²) >= 11 is 4.83. The van der Waals surface area contributed by atoms with Crippen molar-refractivity contribution < 1.29 is 14.3 Å². The minimum atomic E-state index is -0.110. The highest BCUT2D eigenvalue weighted by atomic mass is 79.9. The van der Waals surface area contributed by atoms with Crippen molar-refractivity contribution in [3.05, 3.63) is 57.3 Å². The summed E-state index contributed by atoms with van der Waals surface area (Å²) in [7, 11) is 1.86. The first-order valence-corrected chi connectivity index (χ1v) is 12.0. The third kappa shape index (κ3) is 6.04. The van der Waals surface area contributed by atoms with Gasteiger partial charge in [0.25, 0.3) is 0 Å². The fourth-order valence-corrected chi connectivity index (χ4v) is 4.22. The molecule has 0 fully saturated rings. The molecule has 1 amide bonds. The molecule has 3 aromatic rings. The summed E-state index contributed by atoms with van der Waals surface area (Å²) in [5, 5.41) is 12.0. The van der Waals surface area contributed by atoms with E-state index in [1.54, 1.807) is 0 Å². The van der Waals surface area contributed by atoms with Crippen LogP contribution >= 0.6 is 27.7 Å². The Balaban J connectivity index is 1.58. The zero-order valence-corrected chi connectivity index (χ0v) is 21.3. The van der Waals surface area contributed by atoms with Crippen LogP contribution < -0.4 is 14.8 Å². The number of benzene rings is 2. The summed E-state index contributed by atoms with van der Waals surface area (Å²) in [6, 6.07) is 9.77. The van der Waals surface area contributed by atoms with E-state index < -0.39 is 0 Å². The Kier molecular flexibility index (Phi) is 8.20. The maximum absolute atomic E-state index is 12.4. The fraction of sp³-hybridized carbons (Fsp3) is 0.348. The van der Waals surface area contributed by atoms with Crippen LogP contribution in [0, 0.1) is 20.8 Å². The number of aromatic nitrogens is 3. The van der Waals surface area contributed by atoms with E-state index >= 15 is 0 Å². The van der Waals surface area contributed by atoms with Crippen molar-refractivity contribution in [2.24, 2.45) is 7.05 Å². The van der Waals surface area contributed by atoms with E-state index in [1.807, 2.05) is 69.6 Å². The lowest BCUT2D eigenvalue weighted by molar-refractivity contribution is -0.113. The Morgan fingerprint density at radius 3 is 2.59 bits per heavy atom. The topological polar surface area (TPSA) is 78.3 Å². The fourth-order valence-electron chi connectivity index (χ4n) is 2.93. The highest BCUT2D eigenvalue weighted by Gasteiger charge is 2.14. The second kappa shape index (κ2) is 10.9. The number of thioether (sulfide) groups is 1. The molecule has 3 rings (SSSR count).